The topological polar surface area (TPSA) is 82.2 Å². The molecule has 0 radical (unpaired) electrons. The van der Waals surface area contributed by atoms with E-state index in [4.69, 9.17) is 5.11 Å². The number of fused-ring (bicyclic) bond motifs is 1. The molecule has 5 nitrogen and oxygen atoms in total. The van der Waals surface area contributed by atoms with Gasteiger partial charge in [-0.15, -0.1) is 0 Å². The van der Waals surface area contributed by atoms with Crippen LogP contribution in [0.15, 0.2) is 18.2 Å². The van der Waals surface area contributed by atoms with E-state index in [0.29, 0.717) is 12.0 Å². The number of halogens is 1. The predicted octanol–water partition coefficient (Wildman–Crippen LogP) is 3.75. The van der Waals surface area contributed by atoms with Crippen LogP contribution >= 0.6 is 22.6 Å². The number of aromatic amines is 1. The van der Waals surface area contributed by atoms with Gasteiger partial charge in [-0.05, 0) is 78.3 Å². The molecule has 0 saturated carbocycles. The van der Waals surface area contributed by atoms with Crippen molar-refractivity contribution in [2.24, 2.45) is 0 Å². The van der Waals surface area contributed by atoms with Crippen molar-refractivity contribution in [1.29, 1.82) is 0 Å². The predicted molar refractivity (Wildman–Crippen MR) is 102 cm³/mol. The van der Waals surface area contributed by atoms with Crippen LogP contribution in [0.1, 0.15) is 34.5 Å². The Balaban J connectivity index is 2.01. The van der Waals surface area contributed by atoms with Crippen LogP contribution < -0.4 is 5.32 Å². The normalized spacial score (nSPS) is 14.8. The van der Waals surface area contributed by atoms with Gasteiger partial charge in [-0.3, -0.25) is 9.59 Å². The maximum absolute atomic E-state index is 12.3. The fraction of sp³-hybridized carbons (Fsp3) is 0.222. The van der Waals surface area contributed by atoms with Crippen LogP contribution in [0.25, 0.3) is 11.6 Å². The van der Waals surface area contributed by atoms with Crippen molar-refractivity contribution in [1.82, 2.24) is 4.98 Å². The lowest BCUT2D eigenvalue weighted by Crippen LogP contribution is -2.03. The molecule has 1 amide bonds. The van der Waals surface area contributed by atoms with Crippen LogP contribution in [0.4, 0.5) is 5.69 Å². The molecule has 24 heavy (non-hydrogen) atoms. The average molecular weight is 436 g/mol. The Morgan fingerprint density at radius 3 is 2.79 bits per heavy atom. The van der Waals surface area contributed by atoms with Gasteiger partial charge in [0.25, 0.3) is 5.91 Å². The van der Waals surface area contributed by atoms with Crippen molar-refractivity contribution in [3.05, 3.63) is 49.8 Å². The Morgan fingerprint density at radius 2 is 2.08 bits per heavy atom. The van der Waals surface area contributed by atoms with Crippen molar-refractivity contribution >= 4 is 51.8 Å². The van der Waals surface area contributed by atoms with Crippen LogP contribution in [-0.2, 0) is 16.0 Å². The number of benzene rings is 1. The van der Waals surface area contributed by atoms with Gasteiger partial charge in [0, 0.05) is 32.6 Å². The van der Waals surface area contributed by atoms with Crippen LogP contribution in [0.2, 0.25) is 0 Å². The van der Waals surface area contributed by atoms with E-state index < -0.39 is 5.97 Å². The lowest BCUT2D eigenvalue weighted by atomic mass is 10.0. The van der Waals surface area contributed by atoms with Gasteiger partial charge in [-0.1, -0.05) is 0 Å². The number of anilines is 1. The summed E-state index contributed by atoms with van der Waals surface area (Å²) < 4.78 is 1.07. The first kappa shape index (κ1) is 16.8. The van der Waals surface area contributed by atoms with Gasteiger partial charge in [0.15, 0.2) is 0 Å². The molecule has 0 bridgehead atoms. The van der Waals surface area contributed by atoms with Crippen molar-refractivity contribution in [2.75, 3.05) is 5.32 Å². The Labute approximate surface area is 153 Å². The lowest BCUT2D eigenvalue weighted by Gasteiger charge is -2.01. The summed E-state index contributed by atoms with van der Waals surface area (Å²) in [6.45, 7) is 3.88. The zero-order valence-electron chi connectivity index (χ0n) is 13.4. The second-order valence-electron chi connectivity index (χ2n) is 5.86. The molecule has 1 aliphatic heterocycles. The molecule has 1 aromatic heterocycles. The number of carbonyl (C=O) groups is 2. The zero-order valence-corrected chi connectivity index (χ0v) is 15.5. The standard InChI is InChI=1S/C18H17IN2O3/c1-9-12(4-6-17(22)23)10(2)20-16(9)8-14-13-7-11(19)3-5-15(13)21-18(14)24/h3,5,7-8,20H,4,6H2,1-2H3,(H,21,24)(H,22,23)/b14-8-. The number of H-pyrrole nitrogens is 1. The SMILES string of the molecule is Cc1[nH]c(/C=C2\C(=O)Nc3ccc(I)cc32)c(C)c1CCC(=O)O. The number of rotatable bonds is 4. The number of carboxylic acid groups (broad SMARTS) is 1. The van der Waals surface area contributed by atoms with E-state index in [1.165, 1.54) is 0 Å². The molecule has 0 spiro atoms. The van der Waals surface area contributed by atoms with E-state index in [2.05, 4.69) is 32.9 Å². The third-order valence-electron chi connectivity index (χ3n) is 4.27. The Kier molecular flexibility index (Phi) is 4.49. The van der Waals surface area contributed by atoms with E-state index >= 15 is 0 Å². The Morgan fingerprint density at radius 1 is 1.33 bits per heavy atom. The minimum Gasteiger partial charge on any atom is -0.481 e. The fourth-order valence-corrected chi connectivity index (χ4v) is 3.51. The van der Waals surface area contributed by atoms with Gasteiger partial charge in [-0.2, -0.15) is 0 Å². The molecule has 1 aromatic carbocycles. The number of hydrogen-bond acceptors (Lipinski definition) is 2. The first-order chi connectivity index (χ1) is 11.4. The third-order valence-corrected chi connectivity index (χ3v) is 4.94. The summed E-state index contributed by atoms with van der Waals surface area (Å²) in [6, 6.07) is 5.84. The maximum Gasteiger partial charge on any atom is 0.303 e. The van der Waals surface area contributed by atoms with Crippen LogP contribution in [-0.4, -0.2) is 22.0 Å². The van der Waals surface area contributed by atoms with E-state index in [1.807, 2.05) is 38.1 Å². The molecule has 0 saturated heterocycles. The Hall–Kier alpha value is -2.09. The van der Waals surface area contributed by atoms with E-state index in [0.717, 1.165) is 37.3 Å². The molecule has 1 aliphatic rings. The minimum absolute atomic E-state index is 0.0943. The molecule has 2 aromatic rings. The molecule has 3 rings (SSSR count). The summed E-state index contributed by atoms with van der Waals surface area (Å²) >= 11 is 2.22. The summed E-state index contributed by atoms with van der Waals surface area (Å²) in [5.41, 5.74) is 6.13. The van der Waals surface area contributed by atoms with Crippen molar-refractivity contribution < 1.29 is 14.7 Å². The van der Waals surface area contributed by atoms with Crippen LogP contribution in [0.5, 0.6) is 0 Å². The Bertz CT molecular complexity index is 881. The molecule has 124 valence electrons. The number of amides is 1. The molecule has 0 aliphatic carbocycles. The highest BCUT2D eigenvalue weighted by Gasteiger charge is 2.25. The summed E-state index contributed by atoms with van der Waals surface area (Å²) in [7, 11) is 0. The number of hydrogen-bond donors (Lipinski definition) is 3. The van der Waals surface area contributed by atoms with E-state index in [9.17, 15) is 9.59 Å². The minimum atomic E-state index is -0.812. The van der Waals surface area contributed by atoms with Gasteiger partial charge < -0.3 is 15.4 Å². The molecule has 0 atom stereocenters. The van der Waals surface area contributed by atoms with Crippen LogP contribution in [0.3, 0.4) is 0 Å². The van der Waals surface area contributed by atoms with E-state index in [1.54, 1.807) is 0 Å². The summed E-state index contributed by atoms with van der Waals surface area (Å²) in [5.74, 6) is -0.931. The van der Waals surface area contributed by atoms with Gasteiger partial charge in [-0.25, -0.2) is 0 Å². The summed E-state index contributed by atoms with van der Waals surface area (Å²) in [4.78, 5) is 26.4. The summed E-state index contributed by atoms with van der Waals surface area (Å²) in [6.07, 6.45) is 2.42. The second kappa shape index (κ2) is 6.43. The number of carboxylic acids is 1. The van der Waals surface area contributed by atoms with Gasteiger partial charge in [0.05, 0.1) is 5.57 Å². The maximum atomic E-state index is 12.3. The van der Waals surface area contributed by atoms with Gasteiger partial charge >= 0.3 is 5.97 Å². The highest BCUT2D eigenvalue weighted by Crippen LogP contribution is 2.35. The average Bonchev–Trinajstić information content (AvgIpc) is 2.95. The molecular weight excluding hydrogens is 419 g/mol. The van der Waals surface area contributed by atoms with Crippen molar-refractivity contribution in [2.45, 2.75) is 26.7 Å². The molecule has 6 heteroatoms. The molecule has 0 unspecified atom stereocenters. The zero-order chi connectivity index (χ0) is 17.4. The molecular formula is C18H17IN2O3. The molecule has 3 N–H and O–H groups in total. The lowest BCUT2D eigenvalue weighted by molar-refractivity contribution is -0.137. The largest absolute Gasteiger partial charge is 0.481 e. The van der Waals surface area contributed by atoms with Crippen molar-refractivity contribution in [3.63, 3.8) is 0 Å². The quantitative estimate of drug-likeness (QED) is 0.505. The fourth-order valence-electron chi connectivity index (χ4n) is 3.01. The third kappa shape index (κ3) is 3.10. The second-order valence-corrected chi connectivity index (χ2v) is 7.11. The molecule has 0 fully saturated rings. The number of carbonyl (C=O) groups excluding carboxylic acids is 1. The highest BCUT2D eigenvalue weighted by atomic mass is 127. The summed E-state index contributed by atoms with van der Waals surface area (Å²) in [5, 5.41) is 11.8. The van der Waals surface area contributed by atoms with E-state index in [-0.39, 0.29) is 12.3 Å². The smallest absolute Gasteiger partial charge is 0.303 e. The number of aromatic nitrogens is 1. The monoisotopic (exact) mass is 436 g/mol. The first-order valence-electron chi connectivity index (χ1n) is 7.59. The highest BCUT2D eigenvalue weighted by molar-refractivity contribution is 14.1. The van der Waals surface area contributed by atoms with Gasteiger partial charge in [0.1, 0.15) is 0 Å². The number of aryl methyl sites for hydroxylation is 1. The molecule has 2 heterocycles. The van der Waals surface area contributed by atoms with Crippen molar-refractivity contribution in [3.8, 4) is 0 Å². The van der Waals surface area contributed by atoms with Gasteiger partial charge in [0.2, 0.25) is 0 Å². The van der Waals surface area contributed by atoms with Crippen LogP contribution in [0, 0.1) is 17.4 Å². The number of nitrogens with one attached hydrogen (secondary N) is 2. The number of aliphatic carboxylic acids is 1. The first-order valence-corrected chi connectivity index (χ1v) is 8.67.